The summed E-state index contributed by atoms with van der Waals surface area (Å²) in [5.74, 6) is 0.134. The van der Waals surface area contributed by atoms with E-state index in [0.29, 0.717) is 13.2 Å². The largest absolute Gasteiger partial charge is 0.383 e. The van der Waals surface area contributed by atoms with Crippen LogP contribution in [0.1, 0.15) is 0 Å². The van der Waals surface area contributed by atoms with Gasteiger partial charge in [-0.1, -0.05) is 0 Å². The van der Waals surface area contributed by atoms with Gasteiger partial charge in [0.15, 0.2) is 0 Å². The fraction of sp³-hybridized carbons (Fsp3) is 0.889. The van der Waals surface area contributed by atoms with Crippen molar-refractivity contribution in [2.24, 2.45) is 0 Å². The number of rotatable bonds is 4. The third kappa shape index (κ3) is 3.25. The first kappa shape index (κ1) is 11.4. The average molecular weight is 201 g/mol. The molecule has 14 heavy (non-hydrogen) atoms. The summed E-state index contributed by atoms with van der Waals surface area (Å²) >= 11 is 0. The Morgan fingerprint density at radius 3 is 2.93 bits per heavy atom. The third-order valence-corrected chi connectivity index (χ3v) is 2.35. The van der Waals surface area contributed by atoms with E-state index >= 15 is 0 Å². The first-order valence-electron chi connectivity index (χ1n) is 4.93. The zero-order chi connectivity index (χ0) is 10.4. The van der Waals surface area contributed by atoms with Gasteiger partial charge in [-0.2, -0.15) is 0 Å². The lowest BCUT2D eigenvalue weighted by molar-refractivity contribution is -0.132. The Morgan fingerprint density at radius 2 is 2.36 bits per heavy atom. The second-order valence-electron chi connectivity index (χ2n) is 3.46. The Hall–Kier alpha value is -0.650. The van der Waals surface area contributed by atoms with Gasteiger partial charge in [0.25, 0.3) is 0 Å². The lowest BCUT2D eigenvalue weighted by atomic mass is 10.2. The van der Waals surface area contributed by atoms with E-state index in [4.69, 9.17) is 4.74 Å². The molecule has 5 heteroatoms. The molecule has 0 radical (unpaired) electrons. The highest BCUT2D eigenvalue weighted by Crippen LogP contribution is 1.94. The predicted molar refractivity (Wildman–Crippen MR) is 54.2 cm³/mol. The maximum absolute atomic E-state index is 11.8. The van der Waals surface area contributed by atoms with Gasteiger partial charge in [-0.05, 0) is 0 Å². The molecule has 1 unspecified atom stereocenters. The molecule has 1 aliphatic heterocycles. The van der Waals surface area contributed by atoms with Gasteiger partial charge in [-0.15, -0.1) is 0 Å². The molecule has 2 N–H and O–H groups in total. The molecule has 1 aliphatic rings. The van der Waals surface area contributed by atoms with Crippen LogP contribution in [0.3, 0.4) is 0 Å². The summed E-state index contributed by atoms with van der Waals surface area (Å²) in [5.41, 5.74) is 0. The molecule has 0 bridgehead atoms. The molecule has 1 atom stereocenters. The summed E-state index contributed by atoms with van der Waals surface area (Å²) in [5, 5.41) is 6.37. The molecule has 0 saturated carbocycles. The fourth-order valence-corrected chi connectivity index (χ4v) is 1.43. The molecule has 0 aliphatic carbocycles. The highest BCUT2D eigenvalue weighted by Gasteiger charge is 2.22. The number of nitrogens with one attached hydrogen (secondary N) is 2. The summed E-state index contributed by atoms with van der Waals surface area (Å²) in [6, 6.07) is -0.0781. The van der Waals surface area contributed by atoms with E-state index < -0.39 is 0 Å². The zero-order valence-corrected chi connectivity index (χ0v) is 8.88. The average Bonchev–Trinajstić information content (AvgIpc) is 2.26. The van der Waals surface area contributed by atoms with Crippen molar-refractivity contribution in [3.05, 3.63) is 0 Å². The Bertz CT molecular complexity index is 181. The quantitative estimate of drug-likeness (QED) is 0.591. The standard InChI is InChI=1S/C9H19N3O2/c1-12(5-6-14-2)9(13)8-7-10-3-4-11-8/h8,10-11H,3-7H2,1-2H3. The van der Waals surface area contributed by atoms with E-state index in [1.807, 2.05) is 0 Å². The van der Waals surface area contributed by atoms with Gasteiger partial charge in [-0.25, -0.2) is 0 Å². The number of amides is 1. The normalized spacial score (nSPS) is 22.0. The molecule has 0 aromatic carbocycles. The molecule has 1 fully saturated rings. The van der Waals surface area contributed by atoms with Crippen LogP contribution in [0.5, 0.6) is 0 Å². The monoisotopic (exact) mass is 201 g/mol. The van der Waals surface area contributed by atoms with E-state index in [1.54, 1.807) is 19.1 Å². The van der Waals surface area contributed by atoms with E-state index in [0.717, 1.165) is 19.6 Å². The topological polar surface area (TPSA) is 53.6 Å². The SMILES string of the molecule is COCCN(C)C(=O)C1CNCCN1. The number of piperazine rings is 1. The molecule has 1 amide bonds. The molecule has 0 aromatic heterocycles. The number of ether oxygens (including phenoxy) is 1. The zero-order valence-electron chi connectivity index (χ0n) is 8.88. The first-order valence-corrected chi connectivity index (χ1v) is 4.93. The van der Waals surface area contributed by atoms with E-state index in [1.165, 1.54) is 0 Å². The first-order chi connectivity index (χ1) is 6.75. The van der Waals surface area contributed by atoms with E-state index in [-0.39, 0.29) is 11.9 Å². The van der Waals surface area contributed by atoms with Crippen LogP contribution in [0, 0.1) is 0 Å². The Morgan fingerprint density at radius 1 is 1.57 bits per heavy atom. The number of hydrogen-bond donors (Lipinski definition) is 2. The van der Waals surface area contributed by atoms with Crippen molar-refractivity contribution in [2.75, 3.05) is 46.9 Å². The van der Waals surface area contributed by atoms with E-state index in [2.05, 4.69) is 10.6 Å². The van der Waals surface area contributed by atoms with Gasteiger partial charge < -0.3 is 20.3 Å². The third-order valence-electron chi connectivity index (χ3n) is 2.35. The second-order valence-corrected chi connectivity index (χ2v) is 3.46. The van der Waals surface area contributed by atoms with Crippen LogP contribution in [-0.2, 0) is 9.53 Å². The maximum Gasteiger partial charge on any atom is 0.240 e. The minimum atomic E-state index is -0.0781. The Balaban J connectivity index is 2.30. The van der Waals surface area contributed by atoms with Crippen LogP contribution < -0.4 is 10.6 Å². The molecule has 1 saturated heterocycles. The lowest BCUT2D eigenvalue weighted by Crippen LogP contribution is -2.56. The summed E-state index contributed by atoms with van der Waals surface area (Å²) in [7, 11) is 3.44. The Kier molecular flexibility index (Phi) is 4.86. The van der Waals surface area contributed by atoms with Gasteiger partial charge in [0, 0.05) is 40.3 Å². The summed E-state index contributed by atoms with van der Waals surface area (Å²) in [6.45, 7) is 3.74. The highest BCUT2D eigenvalue weighted by molar-refractivity contribution is 5.82. The van der Waals surface area contributed by atoms with Crippen LogP contribution in [0.2, 0.25) is 0 Å². The predicted octanol–water partition coefficient (Wildman–Crippen LogP) is -1.35. The lowest BCUT2D eigenvalue weighted by Gasteiger charge is -2.27. The second kappa shape index (κ2) is 5.95. The van der Waals surface area contributed by atoms with Crippen LogP contribution in [0.25, 0.3) is 0 Å². The van der Waals surface area contributed by atoms with Crippen molar-refractivity contribution in [2.45, 2.75) is 6.04 Å². The fourth-order valence-electron chi connectivity index (χ4n) is 1.43. The van der Waals surface area contributed by atoms with E-state index in [9.17, 15) is 4.79 Å². The van der Waals surface area contributed by atoms with Gasteiger partial charge in [-0.3, -0.25) is 4.79 Å². The molecule has 0 aromatic rings. The molecule has 1 heterocycles. The number of methoxy groups -OCH3 is 1. The molecule has 5 nitrogen and oxygen atoms in total. The summed E-state index contributed by atoms with van der Waals surface area (Å²) in [4.78, 5) is 13.5. The summed E-state index contributed by atoms with van der Waals surface area (Å²) < 4.78 is 4.92. The molecule has 0 spiro atoms. The van der Waals surface area contributed by atoms with Gasteiger partial charge >= 0.3 is 0 Å². The molecular formula is C9H19N3O2. The van der Waals surface area contributed by atoms with Gasteiger partial charge in [0.05, 0.1) is 12.6 Å². The number of hydrogen-bond acceptors (Lipinski definition) is 4. The maximum atomic E-state index is 11.8. The van der Waals surface area contributed by atoms with Crippen molar-refractivity contribution in [1.82, 2.24) is 15.5 Å². The van der Waals surface area contributed by atoms with Gasteiger partial charge in [0.1, 0.15) is 0 Å². The summed E-state index contributed by atoms with van der Waals surface area (Å²) in [6.07, 6.45) is 0. The molecule has 82 valence electrons. The van der Waals surface area contributed by atoms with Crippen molar-refractivity contribution in [3.8, 4) is 0 Å². The molecular weight excluding hydrogens is 182 g/mol. The number of nitrogens with zero attached hydrogens (tertiary/aromatic N) is 1. The smallest absolute Gasteiger partial charge is 0.240 e. The highest BCUT2D eigenvalue weighted by atomic mass is 16.5. The van der Waals surface area contributed by atoms with Gasteiger partial charge in [0.2, 0.25) is 5.91 Å². The Labute approximate surface area is 84.8 Å². The molecule has 1 rings (SSSR count). The number of carbonyl (C=O) groups excluding carboxylic acids is 1. The van der Waals surface area contributed by atoms with Crippen molar-refractivity contribution < 1.29 is 9.53 Å². The van der Waals surface area contributed by atoms with Crippen molar-refractivity contribution in [3.63, 3.8) is 0 Å². The van der Waals surface area contributed by atoms with Crippen LogP contribution >= 0.6 is 0 Å². The number of likely N-dealkylation sites (N-methyl/N-ethyl adjacent to an activating group) is 1. The van der Waals surface area contributed by atoms with Crippen molar-refractivity contribution >= 4 is 5.91 Å². The van der Waals surface area contributed by atoms with Crippen LogP contribution in [0.15, 0.2) is 0 Å². The minimum absolute atomic E-state index is 0.0781. The number of carbonyl (C=O) groups is 1. The van der Waals surface area contributed by atoms with Crippen LogP contribution in [-0.4, -0.2) is 63.8 Å². The minimum Gasteiger partial charge on any atom is -0.383 e. The van der Waals surface area contributed by atoms with Crippen molar-refractivity contribution in [1.29, 1.82) is 0 Å². The van der Waals surface area contributed by atoms with Crippen LogP contribution in [0.4, 0.5) is 0 Å².